The van der Waals surface area contributed by atoms with Crippen LogP contribution < -0.4 is 0 Å². The van der Waals surface area contributed by atoms with Gasteiger partial charge in [-0.1, -0.05) is 18.2 Å². The second-order valence-electron chi connectivity index (χ2n) is 4.76. The van der Waals surface area contributed by atoms with Crippen molar-refractivity contribution in [3.05, 3.63) is 53.1 Å². The molecule has 0 spiro atoms. The average Bonchev–Trinajstić information content (AvgIpc) is 2.96. The Hall–Kier alpha value is -1.81. The first kappa shape index (κ1) is 13.6. The Labute approximate surface area is 117 Å². The summed E-state index contributed by atoms with van der Waals surface area (Å²) in [6.07, 6.45) is 5.62. The zero-order valence-electron chi connectivity index (χ0n) is 10.3. The summed E-state index contributed by atoms with van der Waals surface area (Å²) in [5, 5.41) is 9.05. The van der Waals surface area contributed by atoms with Crippen LogP contribution in [0.4, 0.5) is 0 Å². The number of rotatable bonds is 3. The molecule has 4 nitrogen and oxygen atoms in total. The van der Waals surface area contributed by atoms with Crippen molar-refractivity contribution in [1.29, 1.82) is 0 Å². The Balaban J connectivity index is 0.00000133. The van der Waals surface area contributed by atoms with E-state index < -0.39 is 5.97 Å². The van der Waals surface area contributed by atoms with Gasteiger partial charge in [0.1, 0.15) is 5.82 Å². The van der Waals surface area contributed by atoms with Crippen LogP contribution >= 0.6 is 12.4 Å². The molecule has 0 amide bonds. The minimum Gasteiger partial charge on any atom is -0.481 e. The molecule has 100 valence electrons. The van der Waals surface area contributed by atoms with Gasteiger partial charge in [0.05, 0.1) is 5.92 Å². The van der Waals surface area contributed by atoms with Gasteiger partial charge in [0.25, 0.3) is 0 Å². The molecule has 0 saturated heterocycles. The smallest absolute Gasteiger partial charge is 0.307 e. The summed E-state index contributed by atoms with van der Waals surface area (Å²) < 4.78 is 0. The summed E-state index contributed by atoms with van der Waals surface area (Å²) in [5.74, 6) is -0.0135. The van der Waals surface area contributed by atoms with Crippen molar-refractivity contribution >= 4 is 18.4 Å². The molecule has 1 aromatic heterocycles. The fraction of sp³-hybridized carbons (Fsp3) is 0.286. The summed E-state index contributed by atoms with van der Waals surface area (Å²) in [7, 11) is 0. The maximum atomic E-state index is 11.0. The Morgan fingerprint density at radius 2 is 2.16 bits per heavy atom. The number of nitrogens with zero attached hydrogens (tertiary/aromatic N) is 1. The molecule has 1 heterocycles. The van der Waals surface area contributed by atoms with E-state index in [0.717, 1.165) is 12.2 Å². The highest BCUT2D eigenvalue weighted by Crippen LogP contribution is 2.28. The molecular formula is C14H15ClN2O2. The van der Waals surface area contributed by atoms with Crippen LogP contribution in [0, 0.1) is 5.92 Å². The van der Waals surface area contributed by atoms with E-state index in [0.29, 0.717) is 12.8 Å². The summed E-state index contributed by atoms with van der Waals surface area (Å²) in [6, 6.07) is 6.23. The van der Waals surface area contributed by atoms with E-state index >= 15 is 0 Å². The van der Waals surface area contributed by atoms with E-state index in [1.807, 2.05) is 6.20 Å². The lowest BCUT2D eigenvalue weighted by molar-refractivity contribution is -0.141. The lowest BCUT2D eigenvalue weighted by Gasteiger charge is -2.03. The fourth-order valence-corrected chi connectivity index (χ4v) is 2.54. The number of carboxylic acids is 1. The van der Waals surface area contributed by atoms with Crippen LogP contribution in [0.25, 0.3) is 0 Å². The number of aromatic amines is 1. The molecule has 1 unspecified atom stereocenters. The van der Waals surface area contributed by atoms with Crippen LogP contribution in [0.2, 0.25) is 0 Å². The topological polar surface area (TPSA) is 66.0 Å². The van der Waals surface area contributed by atoms with Crippen molar-refractivity contribution in [2.24, 2.45) is 5.92 Å². The minimum atomic E-state index is -0.696. The van der Waals surface area contributed by atoms with Crippen LogP contribution in [0.15, 0.2) is 30.6 Å². The largest absolute Gasteiger partial charge is 0.481 e. The van der Waals surface area contributed by atoms with Crippen molar-refractivity contribution in [2.45, 2.75) is 19.3 Å². The third-order valence-electron chi connectivity index (χ3n) is 3.48. The second kappa shape index (κ2) is 5.45. The Bertz CT molecular complexity index is 581. The zero-order valence-corrected chi connectivity index (χ0v) is 11.1. The molecule has 5 heteroatoms. The van der Waals surface area contributed by atoms with E-state index in [9.17, 15) is 4.79 Å². The Morgan fingerprint density at radius 3 is 2.84 bits per heavy atom. The van der Waals surface area contributed by atoms with Gasteiger partial charge >= 0.3 is 5.97 Å². The fourth-order valence-electron chi connectivity index (χ4n) is 2.54. The minimum absolute atomic E-state index is 0. The van der Waals surface area contributed by atoms with Gasteiger partial charge in [-0.2, -0.15) is 0 Å². The van der Waals surface area contributed by atoms with Crippen molar-refractivity contribution in [3.8, 4) is 0 Å². The van der Waals surface area contributed by atoms with Crippen LogP contribution in [0.5, 0.6) is 0 Å². The van der Waals surface area contributed by atoms with Gasteiger partial charge in [-0.15, -0.1) is 12.4 Å². The predicted molar refractivity (Wildman–Crippen MR) is 73.6 cm³/mol. The molecule has 1 aliphatic carbocycles. The number of aliphatic carboxylic acids is 1. The maximum absolute atomic E-state index is 11.0. The van der Waals surface area contributed by atoms with Gasteiger partial charge in [-0.05, 0) is 29.5 Å². The monoisotopic (exact) mass is 278 g/mol. The molecule has 2 N–H and O–H groups in total. The van der Waals surface area contributed by atoms with E-state index in [1.165, 1.54) is 16.7 Å². The van der Waals surface area contributed by atoms with E-state index in [4.69, 9.17) is 5.11 Å². The third kappa shape index (κ3) is 2.79. The number of nitrogens with one attached hydrogen (secondary N) is 1. The first-order chi connectivity index (χ1) is 8.72. The highest BCUT2D eigenvalue weighted by Gasteiger charge is 2.26. The lowest BCUT2D eigenvalue weighted by atomic mass is 10.0. The van der Waals surface area contributed by atoms with Gasteiger partial charge in [-0.3, -0.25) is 4.79 Å². The summed E-state index contributed by atoms with van der Waals surface area (Å²) in [4.78, 5) is 18.3. The molecule has 2 aromatic rings. The maximum Gasteiger partial charge on any atom is 0.307 e. The second-order valence-corrected chi connectivity index (χ2v) is 4.76. The van der Waals surface area contributed by atoms with Gasteiger partial charge < -0.3 is 10.1 Å². The van der Waals surface area contributed by atoms with Crippen molar-refractivity contribution < 1.29 is 9.90 Å². The number of halogens is 1. The molecule has 0 radical (unpaired) electrons. The molecule has 1 atom stereocenters. The number of H-pyrrole nitrogens is 1. The number of carbonyl (C=O) groups is 1. The summed E-state index contributed by atoms with van der Waals surface area (Å²) >= 11 is 0. The van der Waals surface area contributed by atoms with E-state index in [2.05, 4.69) is 28.2 Å². The molecule has 0 bridgehead atoms. The molecular weight excluding hydrogens is 264 g/mol. The average molecular weight is 279 g/mol. The van der Waals surface area contributed by atoms with Crippen LogP contribution in [-0.4, -0.2) is 21.0 Å². The number of imidazole rings is 1. The van der Waals surface area contributed by atoms with E-state index in [-0.39, 0.29) is 18.3 Å². The highest BCUT2D eigenvalue weighted by atomic mass is 35.5. The number of benzene rings is 1. The van der Waals surface area contributed by atoms with E-state index in [1.54, 1.807) is 6.20 Å². The summed E-state index contributed by atoms with van der Waals surface area (Å²) in [6.45, 7) is 0. The Morgan fingerprint density at radius 1 is 1.37 bits per heavy atom. The molecule has 0 fully saturated rings. The molecule has 0 saturated carbocycles. The number of aromatic nitrogens is 2. The third-order valence-corrected chi connectivity index (χ3v) is 3.48. The van der Waals surface area contributed by atoms with Crippen molar-refractivity contribution in [3.63, 3.8) is 0 Å². The van der Waals surface area contributed by atoms with Crippen LogP contribution in [0.1, 0.15) is 22.5 Å². The van der Waals surface area contributed by atoms with Gasteiger partial charge in [-0.25, -0.2) is 4.98 Å². The van der Waals surface area contributed by atoms with Gasteiger partial charge in [0.15, 0.2) is 0 Å². The number of fused-ring (bicyclic) bond motifs is 1. The Kier molecular flexibility index (Phi) is 3.90. The number of hydrogen-bond acceptors (Lipinski definition) is 2. The molecule has 0 aliphatic heterocycles. The van der Waals surface area contributed by atoms with Crippen LogP contribution in [0.3, 0.4) is 0 Å². The van der Waals surface area contributed by atoms with Crippen LogP contribution in [-0.2, 0) is 24.1 Å². The first-order valence-corrected chi connectivity index (χ1v) is 6.04. The molecule has 1 aliphatic rings. The lowest BCUT2D eigenvalue weighted by Crippen LogP contribution is -2.12. The first-order valence-electron chi connectivity index (χ1n) is 6.04. The highest BCUT2D eigenvalue weighted by molar-refractivity contribution is 5.85. The standard InChI is InChI=1S/C14H14N2O2.ClH/c17-14(18)12-7-10-2-1-9(5-11(10)8-12)6-13-15-3-4-16-13;/h1-5,12H,6-8H2,(H,15,16)(H,17,18);1H. The predicted octanol–water partition coefficient (Wildman–Crippen LogP) is 2.22. The van der Waals surface area contributed by atoms with Gasteiger partial charge in [0, 0.05) is 18.8 Å². The number of carboxylic acid groups (broad SMARTS) is 1. The summed E-state index contributed by atoms with van der Waals surface area (Å²) in [5.41, 5.74) is 3.52. The van der Waals surface area contributed by atoms with Crippen molar-refractivity contribution in [2.75, 3.05) is 0 Å². The van der Waals surface area contributed by atoms with Gasteiger partial charge in [0.2, 0.25) is 0 Å². The molecule has 1 aromatic carbocycles. The van der Waals surface area contributed by atoms with Crippen molar-refractivity contribution in [1.82, 2.24) is 9.97 Å². The molecule has 19 heavy (non-hydrogen) atoms. The SMILES string of the molecule is Cl.O=C(O)C1Cc2ccc(Cc3ncc[nH]3)cc2C1. The molecule has 3 rings (SSSR count). The number of hydrogen-bond donors (Lipinski definition) is 2. The quantitative estimate of drug-likeness (QED) is 0.905. The zero-order chi connectivity index (χ0) is 12.5. The normalized spacial score (nSPS) is 16.7.